The summed E-state index contributed by atoms with van der Waals surface area (Å²) in [6.07, 6.45) is 0. The molecule has 0 radical (unpaired) electrons. The number of carboxylic acid groups (broad SMARTS) is 1. The van der Waals surface area contributed by atoms with Gasteiger partial charge in [0.05, 0.1) is 5.69 Å². The summed E-state index contributed by atoms with van der Waals surface area (Å²) in [5.74, 6) is -1.25. The average Bonchev–Trinajstić information content (AvgIpc) is 2.43. The predicted molar refractivity (Wildman–Crippen MR) is 78.4 cm³/mol. The maximum atomic E-state index is 13.4. The van der Waals surface area contributed by atoms with Gasteiger partial charge in [0.1, 0.15) is 22.9 Å². The van der Waals surface area contributed by atoms with Gasteiger partial charge in [0.2, 0.25) is 0 Å². The van der Waals surface area contributed by atoms with Crippen molar-refractivity contribution in [3.05, 3.63) is 53.3 Å². The highest BCUT2D eigenvalue weighted by atomic mass is 19.1. The summed E-state index contributed by atoms with van der Waals surface area (Å²) in [5, 5.41) is 9.14. The molecule has 0 heterocycles. The Labute approximate surface area is 122 Å². The first kappa shape index (κ1) is 14.8. The van der Waals surface area contributed by atoms with Crippen molar-refractivity contribution in [2.45, 2.75) is 19.8 Å². The van der Waals surface area contributed by atoms with Crippen LogP contribution in [0.25, 0.3) is 0 Å². The molecule has 0 aromatic heterocycles. The molecule has 0 spiro atoms. The Balaban J connectivity index is 2.35. The summed E-state index contributed by atoms with van der Waals surface area (Å²) in [5.41, 5.74) is 5.80. The lowest BCUT2D eigenvalue weighted by Gasteiger charge is -2.12. The van der Waals surface area contributed by atoms with Gasteiger partial charge >= 0.3 is 5.97 Å². The van der Waals surface area contributed by atoms with Crippen molar-refractivity contribution < 1.29 is 19.0 Å². The number of benzene rings is 2. The normalized spacial score (nSPS) is 10.7. The number of ether oxygens (including phenoxy) is 1. The zero-order valence-electron chi connectivity index (χ0n) is 11.8. The number of anilines is 1. The molecule has 2 rings (SSSR count). The number of nitrogen functional groups attached to an aromatic ring is 1. The molecule has 0 unspecified atom stereocenters. The number of carboxylic acids is 1. The van der Waals surface area contributed by atoms with Crippen LogP contribution in [0.3, 0.4) is 0 Å². The van der Waals surface area contributed by atoms with Crippen LogP contribution in [0, 0.1) is 5.82 Å². The van der Waals surface area contributed by atoms with Crippen LogP contribution in [0.1, 0.15) is 35.7 Å². The fourth-order valence-electron chi connectivity index (χ4n) is 1.93. The molecule has 0 atom stereocenters. The third-order valence-corrected chi connectivity index (χ3v) is 3.14. The Morgan fingerprint density at radius 2 is 1.81 bits per heavy atom. The van der Waals surface area contributed by atoms with E-state index < -0.39 is 17.5 Å². The first-order valence-electron chi connectivity index (χ1n) is 6.49. The van der Waals surface area contributed by atoms with E-state index in [0.29, 0.717) is 11.7 Å². The second-order valence-corrected chi connectivity index (χ2v) is 4.97. The maximum absolute atomic E-state index is 13.4. The molecule has 0 saturated heterocycles. The van der Waals surface area contributed by atoms with Crippen molar-refractivity contribution in [3.63, 3.8) is 0 Å². The van der Waals surface area contributed by atoms with E-state index in [1.807, 2.05) is 12.1 Å². The number of hydrogen-bond acceptors (Lipinski definition) is 3. The first-order valence-corrected chi connectivity index (χ1v) is 6.49. The van der Waals surface area contributed by atoms with E-state index >= 15 is 0 Å². The first-order chi connectivity index (χ1) is 9.90. The fourth-order valence-corrected chi connectivity index (χ4v) is 1.93. The molecule has 110 valence electrons. The second kappa shape index (κ2) is 5.83. The molecule has 3 N–H and O–H groups in total. The van der Waals surface area contributed by atoms with Gasteiger partial charge in [0, 0.05) is 0 Å². The molecule has 2 aromatic carbocycles. The average molecular weight is 289 g/mol. The van der Waals surface area contributed by atoms with Gasteiger partial charge in [-0.25, -0.2) is 9.18 Å². The molecule has 2 aromatic rings. The molecular formula is C16H16FNO3. The van der Waals surface area contributed by atoms with Crippen molar-refractivity contribution in [2.75, 3.05) is 5.73 Å². The third kappa shape index (κ3) is 3.13. The lowest BCUT2D eigenvalue weighted by molar-refractivity contribution is 0.0695. The Bertz CT molecular complexity index is 666. The van der Waals surface area contributed by atoms with Gasteiger partial charge in [-0.2, -0.15) is 0 Å². The van der Waals surface area contributed by atoms with E-state index in [1.54, 1.807) is 12.1 Å². The van der Waals surface area contributed by atoms with Gasteiger partial charge in [-0.15, -0.1) is 0 Å². The highest BCUT2D eigenvalue weighted by molar-refractivity contribution is 5.97. The molecular weight excluding hydrogens is 273 g/mol. The van der Waals surface area contributed by atoms with E-state index in [9.17, 15) is 9.18 Å². The highest BCUT2D eigenvalue weighted by Gasteiger charge is 2.19. The van der Waals surface area contributed by atoms with Crippen LogP contribution in [-0.4, -0.2) is 11.1 Å². The Morgan fingerprint density at radius 1 is 1.19 bits per heavy atom. The monoisotopic (exact) mass is 289 g/mol. The van der Waals surface area contributed by atoms with Crippen LogP contribution < -0.4 is 10.5 Å². The maximum Gasteiger partial charge on any atom is 0.341 e. The number of halogens is 1. The smallest absolute Gasteiger partial charge is 0.341 e. The molecule has 0 fully saturated rings. The summed E-state index contributed by atoms with van der Waals surface area (Å²) in [6, 6.07) is 9.60. The SMILES string of the molecule is CC(C)c1ccc(Oc2ccc(F)c(N)c2C(=O)O)cc1. The summed E-state index contributed by atoms with van der Waals surface area (Å²) in [6.45, 7) is 4.14. The van der Waals surface area contributed by atoms with Gasteiger partial charge in [-0.3, -0.25) is 0 Å². The van der Waals surface area contributed by atoms with Crippen LogP contribution in [0.5, 0.6) is 11.5 Å². The number of aromatic carboxylic acids is 1. The molecule has 5 heteroatoms. The Hall–Kier alpha value is -2.56. The van der Waals surface area contributed by atoms with Crippen molar-refractivity contribution in [2.24, 2.45) is 0 Å². The zero-order chi connectivity index (χ0) is 15.6. The standard InChI is InChI=1S/C16H16FNO3/c1-9(2)10-3-5-11(6-4-10)21-13-8-7-12(17)15(18)14(13)16(19)20/h3-9H,18H2,1-2H3,(H,19,20). The predicted octanol–water partition coefficient (Wildman–Crippen LogP) is 4.02. The van der Waals surface area contributed by atoms with Gasteiger partial charge in [0.25, 0.3) is 0 Å². The van der Waals surface area contributed by atoms with E-state index in [-0.39, 0.29) is 11.3 Å². The van der Waals surface area contributed by atoms with E-state index in [1.165, 1.54) is 6.07 Å². The number of carbonyl (C=O) groups is 1. The van der Waals surface area contributed by atoms with Crippen molar-refractivity contribution >= 4 is 11.7 Å². The fraction of sp³-hybridized carbons (Fsp3) is 0.188. The Kier molecular flexibility index (Phi) is 4.12. The minimum Gasteiger partial charge on any atom is -0.477 e. The van der Waals surface area contributed by atoms with Crippen molar-refractivity contribution in [1.29, 1.82) is 0 Å². The largest absolute Gasteiger partial charge is 0.477 e. The molecule has 0 amide bonds. The minimum absolute atomic E-state index is 0.0127. The summed E-state index contributed by atoms with van der Waals surface area (Å²) < 4.78 is 18.9. The molecule has 0 aliphatic carbocycles. The molecule has 0 saturated carbocycles. The second-order valence-electron chi connectivity index (χ2n) is 4.97. The van der Waals surface area contributed by atoms with Gasteiger partial charge in [-0.1, -0.05) is 26.0 Å². The van der Waals surface area contributed by atoms with Gasteiger partial charge in [-0.05, 0) is 35.7 Å². The van der Waals surface area contributed by atoms with Gasteiger partial charge in [0.15, 0.2) is 0 Å². The number of rotatable bonds is 4. The highest BCUT2D eigenvalue weighted by Crippen LogP contribution is 2.31. The molecule has 21 heavy (non-hydrogen) atoms. The van der Waals surface area contributed by atoms with Crippen LogP contribution in [-0.2, 0) is 0 Å². The van der Waals surface area contributed by atoms with E-state index in [2.05, 4.69) is 13.8 Å². The van der Waals surface area contributed by atoms with Crippen molar-refractivity contribution in [1.82, 2.24) is 0 Å². The van der Waals surface area contributed by atoms with E-state index in [0.717, 1.165) is 11.6 Å². The molecule has 4 nitrogen and oxygen atoms in total. The summed E-state index contributed by atoms with van der Waals surface area (Å²) in [7, 11) is 0. The van der Waals surface area contributed by atoms with Gasteiger partial charge < -0.3 is 15.6 Å². The summed E-state index contributed by atoms with van der Waals surface area (Å²) >= 11 is 0. The lowest BCUT2D eigenvalue weighted by Crippen LogP contribution is -2.07. The lowest BCUT2D eigenvalue weighted by atomic mass is 10.0. The van der Waals surface area contributed by atoms with Crippen LogP contribution >= 0.6 is 0 Å². The van der Waals surface area contributed by atoms with E-state index in [4.69, 9.17) is 15.6 Å². The Morgan fingerprint density at radius 3 is 2.33 bits per heavy atom. The topological polar surface area (TPSA) is 72.5 Å². The summed E-state index contributed by atoms with van der Waals surface area (Å²) in [4.78, 5) is 11.2. The number of nitrogens with two attached hydrogens (primary N) is 1. The van der Waals surface area contributed by atoms with Crippen molar-refractivity contribution in [3.8, 4) is 11.5 Å². The van der Waals surface area contributed by atoms with Crippen LogP contribution in [0.4, 0.5) is 10.1 Å². The molecule has 0 aliphatic heterocycles. The number of hydrogen-bond donors (Lipinski definition) is 2. The van der Waals surface area contributed by atoms with Crippen LogP contribution in [0.2, 0.25) is 0 Å². The molecule has 0 aliphatic rings. The quantitative estimate of drug-likeness (QED) is 0.834. The minimum atomic E-state index is -1.33. The van der Waals surface area contributed by atoms with Crippen LogP contribution in [0.15, 0.2) is 36.4 Å². The third-order valence-electron chi connectivity index (χ3n) is 3.14. The molecule has 0 bridgehead atoms. The zero-order valence-corrected chi connectivity index (χ0v) is 11.8.